The zero-order chi connectivity index (χ0) is 12.4. The number of nitrogens with one attached hydrogen (secondary N) is 1. The summed E-state index contributed by atoms with van der Waals surface area (Å²) in [7, 11) is 0. The molecule has 0 spiro atoms. The first-order valence-corrected chi connectivity index (χ1v) is 6.07. The third-order valence-corrected chi connectivity index (χ3v) is 3.22. The molecule has 18 heavy (non-hydrogen) atoms. The molecule has 1 N–H and O–H groups in total. The lowest BCUT2D eigenvalue weighted by molar-refractivity contribution is 1.27. The molecular weight excluding hydrogens is 248 g/mol. The molecule has 0 unspecified atom stereocenters. The van der Waals surface area contributed by atoms with Gasteiger partial charge in [-0.2, -0.15) is 4.98 Å². The number of pyridine rings is 2. The second kappa shape index (κ2) is 4.50. The van der Waals surface area contributed by atoms with Crippen molar-refractivity contribution in [3.05, 3.63) is 53.2 Å². The highest BCUT2D eigenvalue weighted by Crippen LogP contribution is 2.21. The van der Waals surface area contributed by atoms with Gasteiger partial charge in [-0.05, 0) is 24.3 Å². The van der Waals surface area contributed by atoms with Gasteiger partial charge in [-0.25, -0.2) is 4.98 Å². The Bertz CT molecular complexity index is 742. The quantitative estimate of drug-likeness (QED) is 0.761. The van der Waals surface area contributed by atoms with E-state index in [0.717, 1.165) is 5.69 Å². The SMILES string of the molecule is O=c1nc(Nc2cccnc2)sc2ncccc12. The van der Waals surface area contributed by atoms with Crippen LogP contribution in [0.15, 0.2) is 47.7 Å². The average Bonchev–Trinajstić information content (AvgIpc) is 2.40. The first-order valence-electron chi connectivity index (χ1n) is 5.26. The Labute approximate surface area is 106 Å². The van der Waals surface area contributed by atoms with Crippen LogP contribution in [0, 0.1) is 0 Å². The Morgan fingerprint density at radius 1 is 1.17 bits per heavy atom. The smallest absolute Gasteiger partial charge is 0.282 e. The molecule has 3 heterocycles. The molecule has 3 aromatic heterocycles. The maximum absolute atomic E-state index is 11.8. The highest BCUT2D eigenvalue weighted by atomic mass is 32.1. The van der Waals surface area contributed by atoms with Crippen molar-refractivity contribution in [2.45, 2.75) is 0 Å². The van der Waals surface area contributed by atoms with Crippen molar-refractivity contribution in [1.29, 1.82) is 0 Å². The molecular formula is C12H8N4OS. The van der Waals surface area contributed by atoms with Crippen molar-refractivity contribution in [3.8, 4) is 0 Å². The van der Waals surface area contributed by atoms with Gasteiger partial charge in [0, 0.05) is 12.4 Å². The highest BCUT2D eigenvalue weighted by molar-refractivity contribution is 7.21. The first-order chi connectivity index (χ1) is 8.83. The second-order valence-electron chi connectivity index (χ2n) is 3.55. The Morgan fingerprint density at radius 3 is 2.89 bits per heavy atom. The van der Waals surface area contributed by atoms with Crippen molar-refractivity contribution in [2.24, 2.45) is 0 Å². The minimum atomic E-state index is -0.275. The zero-order valence-corrected chi connectivity index (χ0v) is 10.0. The molecule has 0 radical (unpaired) electrons. The molecule has 3 rings (SSSR count). The van der Waals surface area contributed by atoms with Crippen LogP contribution in [0.2, 0.25) is 0 Å². The topological polar surface area (TPSA) is 67.8 Å². The Hall–Kier alpha value is -2.34. The molecule has 0 aliphatic rings. The third kappa shape index (κ3) is 2.05. The summed E-state index contributed by atoms with van der Waals surface area (Å²) in [5, 5.41) is 4.10. The lowest BCUT2D eigenvalue weighted by atomic mass is 10.4. The van der Waals surface area contributed by atoms with Crippen molar-refractivity contribution in [3.63, 3.8) is 0 Å². The van der Waals surface area contributed by atoms with Gasteiger partial charge in [0.25, 0.3) is 5.56 Å². The average molecular weight is 256 g/mol. The van der Waals surface area contributed by atoms with Gasteiger partial charge < -0.3 is 5.32 Å². The maximum atomic E-state index is 11.8. The van der Waals surface area contributed by atoms with Gasteiger partial charge in [-0.3, -0.25) is 9.78 Å². The van der Waals surface area contributed by atoms with Gasteiger partial charge in [-0.15, -0.1) is 0 Å². The highest BCUT2D eigenvalue weighted by Gasteiger charge is 2.05. The molecule has 5 nitrogen and oxygen atoms in total. The molecule has 0 saturated carbocycles. The van der Waals surface area contributed by atoms with Crippen LogP contribution in [0.1, 0.15) is 0 Å². The molecule has 0 bridgehead atoms. The van der Waals surface area contributed by atoms with Gasteiger partial charge in [0.2, 0.25) is 0 Å². The summed E-state index contributed by atoms with van der Waals surface area (Å²) >= 11 is 1.33. The second-order valence-corrected chi connectivity index (χ2v) is 4.52. The van der Waals surface area contributed by atoms with E-state index < -0.39 is 0 Å². The predicted molar refractivity (Wildman–Crippen MR) is 71.2 cm³/mol. The van der Waals surface area contributed by atoms with E-state index in [-0.39, 0.29) is 5.56 Å². The van der Waals surface area contributed by atoms with Crippen molar-refractivity contribution < 1.29 is 0 Å². The molecule has 0 amide bonds. The van der Waals surface area contributed by atoms with E-state index in [2.05, 4.69) is 20.3 Å². The molecule has 0 saturated heterocycles. The van der Waals surface area contributed by atoms with Crippen molar-refractivity contribution >= 4 is 32.4 Å². The van der Waals surface area contributed by atoms with E-state index in [1.807, 2.05) is 12.1 Å². The number of fused-ring (bicyclic) bond motifs is 1. The number of rotatable bonds is 2. The van der Waals surface area contributed by atoms with Crippen molar-refractivity contribution in [1.82, 2.24) is 15.0 Å². The van der Waals surface area contributed by atoms with E-state index in [1.54, 1.807) is 30.7 Å². The summed E-state index contributed by atoms with van der Waals surface area (Å²) in [6.07, 6.45) is 5.01. The fourth-order valence-corrected chi connectivity index (χ4v) is 2.37. The van der Waals surface area contributed by atoms with Gasteiger partial charge in [-0.1, -0.05) is 11.3 Å². The zero-order valence-electron chi connectivity index (χ0n) is 9.20. The van der Waals surface area contributed by atoms with Crippen LogP contribution < -0.4 is 10.9 Å². The van der Waals surface area contributed by atoms with E-state index in [4.69, 9.17) is 0 Å². The Kier molecular flexibility index (Phi) is 2.70. The molecule has 0 aliphatic carbocycles. The van der Waals surface area contributed by atoms with E-state index >= 15 is 0 Å². The van der Waals surface area contributed by atoms with Gasteiger partial charge in [0.15, 0.2) is 5.13 Å². The number of anilines is 2. The molecule has 0 fully saturated rings. The number of hydrogen-bond acceptors (Lipinski definition) is 6. The van der Waals surface area contributed by atoms with Gasteiger partial charge >= 0.3 is 0 Å². The number of hydrogen-bond donors (Lipinski definition) is 1. The lowest BCUT2D eigenvalue weighted by Crippen LogP contribution is -2.07. The minimum absolute atomic E-state index is 0.275. The summed E-state index contributed by atoms with van der Waals surface area (Å²) in [4.78, 5) is 24.6. The molecule has 0 aliphatic heterocycles. The maximum Gasteiger partial charge on any atom is 0.282 e. The van der Waals surface area contributed by atoms with Gasteiger partial charge in [0.05, 0.1) is 17.3 Å². The summed E-state index contributed by atoms with van der Waals surface area (Å²) < 4.78 is 0. The summed E-state index contributed by atoms with van der Waals surface area (Å²) in [5.74, 6) is 0. The normalized spacial score (nSPS) is 10.4. The lowest BCUT2D eigenvalue weighted by Gasteiger charge is -2.03. The minimum Gasteiger partial charge on any atom is -0.330 e. The van der Waals surface area contributed by atoms with Gasteiger partial charge in [0.1, 0.15) is 4.83 Å². The predicted octanol–water partition coefficient (Wildman–Crippen LogP) is 2.19. The van der Waals surface area contributed by atoms with Crippen LogP contribution in [-0.4, -0.2) is 15.0 Å². The Balaban J connectivity index is 2.06. The molecule has 6 heteroatoms. The molecule has 0 aromatic carbocycles. The summed E-state index contributed by atoms with van der Waals surface area (Å²) in [6, 6.07) is 7.12. The van der Waals surface area contributed by atoms with Crippen LogP contribution >= 0.6 is 11.3 Å². The van der Waals surface area contributed by atoms with Crippen LogP contribution in [0.4, 0.5) is 10.8 Å². The monoisotopic (exact) mass is 256 g/mol. The third-order valence-electron chi connectivity index (χ3n) is 2.31. The van der Waals surface area contributed by atoms with E-state index in [1.165, 1.54) is 11.3 Å². The standard InChI is InChI=1S/C12H8N4OS/c17-10-9-4-2-6-14-11(9)18-12(16-10)15-8-3-1-5-13-7-8/h1-7H,(H,15,16,17). The van der Waals surface area contributed by atoms with Crippen molar-refractivity contribution in [2.75, 3.05) is 5.32 Å². The van der Waals surface area contributed by atoms with Crippen LogP contribution in [0.5, 0.6) is 0 Å². The molecule has 0 atom stereocenters. The van der Waals surface area contributed by atoms with E-state index in [0.29, 0.717) is 15.3 Å². The summed E-state index contributed by atoms with van der Waals surface area (Å²) in [6.45, 7) is 0. The first kappa shape index (κ1) is 10.8. The van der Waals surface area contributed by atoms with Crippen LogP contribution in [0.25, 0.3) is 10.2 Å². The largest absolute Gasteiger partial charge is 0.330 e. The number of nitrogens with zero attached hydrogens (tertiary/aromatic N) is 3. The fraction of sp³-hybridized carbons (Fsp3) is 0. The fourth-order valence-electron chi connectivity index (χ4n) is 1.52. The van der Waals surface area contributed by atoms with Crippen LogP contribution in [0.3, 0.4) is 0 Å². The van der Waals surface area contributed by atoms with Crippen LogP contribution in [-0.2, 0) is 0 Å². The number of aromatic nitrogens is 3. The summed E-state index contributed by atoms with van der Waals surface area (Å²) in [5.41, 5.74) is 0.513. The molecule has 88 valence electrons. The molecule has 3 aromatic rings. The van der Waals surface area contributed by atoms with E-state index in [9.17, 15) is 4.79 Å². The Morgan fingerprint density at radius 2 is 2.06 bits per heavy atom.